The minimum absolute atomic E-state index is 0.661. The van der Waals surface area contributed by atoms with Gasteiger partial charge in [0.25, 0.3) is 0 Å². The molecule has 2 aromatic carbocycles. The van der Waals surface area contributed by atoms with Gasteiger partial charge >= 0.3 is 5.97 Å². The molecule has 1 heterocycles. The number of nitrogens with one attached hydrogen (secondary N) is 1. The number of ether oxygens (including phenoxy) is 1. The summed E-state index contributed by atoms with van der Waals surface area (Å²) in [5.74, 6) is -0.0617. The van der Waals surface area contributed by atoms with Crippen molar-refractivity contribution in [2.24, 2.45) is 0 Å². The van der Waals surface area contributed by atoms with Crippen molar-refractivity contribution < 1.29 is 14.6 Å². The normalized spacial score (nSPS) is 14.1. The summed E-state index contributed by atoms with van der Waals surface area (Å²) < 4.78 is 6.29. The molecule has 0 aromatic heterocycles. The molecule has 0 fully saturated rings. The van der Waals surface area contributed by atoms with Crippen molar-refractivity contribution in [1.82, 2.24) is 0 Å². The molecule has 0 aliphatic carbocycles. The van der Waals surface area contributed by atoms with Crippen molar-refractivity contribution >= 4 is 27.6 Å². The predicted molar refractivity (Wildman–Crippen MR) is 83.8 cm³/mol. The second-order valence-corrected chi connectivity index (χ2v) is 5.72. The number of anilines is 1. The van der Waals surface area contributed by atoms with Crippen LogP contribution in [0.1, 0.15) is 17.2 Å². The molecule has 0 amide bonds. The van der Waals surface area contributed by atoms with Crippen LogP contribution in [-0.2, 0) is 11.2 Å². The number of halogens is 1. The Morgan fingerprint density at radius 2 is 2.10 bits per heavy atom. The van der Waals surface area contributed by atoms with Crippen molar-refractivity contribution in [1.29, 1.82) is 0 Å². The standard InChI is InChI=1S/C16H14BrNO3/c17-12-3-1-2-4-13(12)18-15(16(19)20)11-5-6-14-10(9-11)7-8-21-14/h1-6,9,15,18H,7-8H2,(H,19,20). The molecule has 0 saturated carbocycles. The SMILES string of the molecule is O=C(O)C(Nc1ccccc1Br)c1ccc2c(c1)CCO2. The fourth-order valence-electron chi connectivity index (χ4n) is 2.41. The average Bonchev–Trinajstić information content (AvgIpc) is 2.93. The van der Waals surface area contributed by atoms with E-state index in [2.05, 4.69) is 21.2 Å². The van der Waals surface area contributed by atoms with Crippen LogP contribution in [0.25, 0.3) is 0 Å². The number of fused-ring (bicyclic) bond motifs is 1. The van der Waals surface area contributed by atoms with Crippen LogP contribution in [-0.4, -0.2) is 17.7 Å². The number of hydrogen-bond donors (Lipinski definition) is 2. The predicted octanol–water partition coefficient (Wildman–Crippen LogP) is 3.62. The molecule has 1 aliphatic rings. The molecule has 3 rings (SSSR count). The van der Waals surface area contributed by atoms with Crippen LogP contribution in [0.3, 0.4) is 0 Å². The highest BCUT2D eigenvalue weighted by atomic mass is 79.9. The van der Waals surface area contributed by atoms with Gasteiger partial charge in [0.15, 0.2) is 6.04 Å². The zero-order valence-corrected chi connectivity index (χ0v) is 12.8. The van der Waals surface area contributed by atoms with Gasteiger partial charge in [-0.05, 0) is 51.3 Å². The summed E-state index contributed by atoms with van der Waals surface area (Å²) in [6.45, 7) is 0.661. The summed E-state index contributed by atoms with van der Waals surface area (Å²) in [5, 5.41) is 12.6. The van der Waals surface area contributed by atoms with E-state index in [9.17, 15) is 9.90 Å². The number of carbonyl (C=O) groups is 1. The fourth-order valence-corrected chi connectivity index (χ4v) is 2.81. The summed E-state index contributed by atoms with van der Waals surface area (Å²) in [7, 11) is 0. The molecule has 0 saturated heterocycles. The molecule has 5 heteroatoms. The molecule has 0 spiro atoms. The second kappa shape index (κ2) is 5.77. The van der Waals surface area contributed by atoms with Crippen molar-refractivity contribution in [2.75, 3.05) is 11.9 Å². The maximum Gasteiger partial charge on any atom is 0.330 e. The monoisotopic (exact) mass is 347 g/mol. The van der Waals surface area contributed by atoms with Gasteiger partial charge in [0.1, 0.15) is 5.75 Å². The lowest BCUT2D eigenvalue weighted by Gasteiger charge is -2.18. The molecule has 0 radical (unpaired) electrons. The minimum Gasteiger partial charge on any atom is -0.493 e. The zero-order chi connectivity index (χ0) is 14.8. The lowest BCUT2D eigenvalue weighted by Crippen LogP contribution is -2.20. The minimum atomic E-state index is -0.912. The molecule has 1 aliphatic heterocycles. The van der Waals surface area contributed by atoms with Gasteiger partial charge < -0.3 is 15.2 Å². The van der Waals surface area contributed by atoms with Crippen LogP contribution in [0.5, 0.6) is 5.75 Å². The van der Waals surface area contributed by atoms with E-state index in [4.69, 9.17) is 4.74 Å². The second-order valence-electron chi connectivity index (χ2n) is 4.86. The van der Waals surface area contributed by atoms with Gasteiger partial charge in [-0.2, -0.15) is 0 Å². The van der Waals surface area contributed by atoms with Crippen molar-refractivity contribution in [2.45, 2.75) is 12.5 Å². The first kappa shape index (κ1) is 13.9. The van der Waals surface area contributed by atoms with E-state index in [0.717, 1.165) is 33.5 Å². The third kappa shape index (κ3) is 2.88. The van der Waals surface area contributed by atoms with Gasteiger partial charge in [-0.3, -0.25) is 0 Å². The topological polar surface area (TPSA) is 58.6 Å². The van der Waals surface area contributed by atoms with E-state index in [1.54, 1.807) is 6.07 Å². The highest BCUT2D eigenvalue weighted by Crippen LogP contribution is 2.31. The van der Waals surface area contributed by atoms with Crippen LogP contribution in [0.15, 0.2) is 46.9 Å². The van der Waals surface area contributed by atoms with Gasteiger partial charge in [-0.15, -0.1) is 0 Å². The van der Waals surface area contributed by atoms with E-state index >= 15 is 0 Å². The van der Waals surface area contributed by atoms with Crippen LogP contribution < -0.4 is 10.1 Å². The number of aliphatic carboxylic acids is 1. The lowest BCUT2D eigenvalue weighted by atomic mass is 10.0. The Bertz CT molecular complexity index is 687. The van der Waals surface area contributed by atoms with E-state index < -0.39 is 12.0 Å². The molecule has 0 bridgehead atoms. The van der Waals surface area contributed by atoms with Crippen molar-refractivity contribution in [3.05, 3.63) is 58.1 Å². The van der Waals surface area contributed by atoms with Gasteiger partial charge in [0.2, 0.25) is 0 Å². The van der Waals surface area contributed by atoms with Gasteiger partial charge in [-0.1, -0.05) is 18.2 Å². The van der Waals surface area contributed by atoms with E-state index in [-0.39, 0.29) is 0 Å². The highest BCUT2D eigenvalue weighted by Gasteiger charge is 2.23. The number of benzene rings is 2. The quantitative estimate of drug-likeness (QED) is 0.886. The smallest absolute Gasteiger partial charge is 0.330 e. The molecule has 2 N–H and O–H groups in total. The van der Waals surface area contributed by atoms with Gasteiger partial charge in [-0.25, -0.2) is 4.79 Å². The third-order valence-corrected chi connectivity index (χ3v) is 4.16. The van der Waals surface area contributed by atoms with Crippen molar-refractivity contribution in [3.8, 4) is 5.75 Å². The number of hydrogen-bond acceptors (Lipinski definition) is 3. The maximum atomic E-state index is 11.6. The summed E-state index contributed by atoms with van der Waals surface area (Å²) in [6, 6.07) is 12.2. The number of carboxylic acids is 1. The Balaban J connectivity index is 1.92. The number of rotatable bonds is 4. The Kier molecular flexibility index (Phi) is 3.84. The fraction of sp³-hybridized carbons (Fsp3) is 0.188. The molecule has 1 unspecified atom stereocenters. The third-order valence-electron chi connectivity index (χ3n) is 3.47. The van der Waals surface area contributed by atoms with Crippen LogP contribution >= 0.6 is 15.9 Å². The molecule has 4 nitrogen and oxygen atoms in total. The average molecular weight is 348 g/mol. The first-order valence-corrected chi connectivity index (χ1v) is 7.44. The highest BCUT2D eigenvalue weighted by molar-refractivity contribution is 9.10. The Morgan fingerprint density at radius 1 is 1.29 bits per heavy atom. The summed E-state index contributed by atoms with van der Waals surface area (Å²) in [4.78, 5) is 11.6. The molecule has 21 heavy (non-hydrogen) atoms. The first-order chi connectivity index (χ1) is 10.1. The van der Waals surface area contributed by atoms with Crippen LogP contribution in [0.2, 0.25) is 0 Å². The Hall–Kier alpha value is -2.01. The number of para-hydroxylation sites is 1. The molecular formula is C16H14BrNO3. The molecular weight excluding hydrogens is 334 g/mol. The Morgan fingerprint density at radius 3 is 2.86 bits per heavy atom. The molecule has 2 aromatic rings. The van der Waals surface area contributed by atoms with Crippen LogP contribution in [0, 0.1) is 0 Å². The summed E-state index contributed by atoms with van der Waals surface area (Å²) in [5.41, 5.74) is 2.54. The van der Waals surface area contributed by atoms with E-state index in [1.165, 1.54) is 0 Å². The number of carboxylic acid groups (broad SMARTS) is 1. The first-order valence-electron chi connectivity index (χ1n) is 6.64. The Labute approximate surface area is 130 Å². The summed E-state index contributed by atoms with van der Waals surface area (Å²) >= 11 is 3.42. The molecule has 108 valence electrons. The summed E-state index contributed by atoms with van der Waals surface area (Å²) in [6.07, 6.45) is 0.824. The maximum absolute atomic E-state index is 11.6. The zero-order valence-electron chi connectivity index (χ0n) is 11.2. The van der Waals surface area contributed by atoms with Crippen molar-refractivity contribution in [3.63, 3.8) is 0 Å². The van der Waals surface area contributed by atoms with Gasteiger partial charge in [0.05, 0.1) is 6.61 Å². The van der Waals surface area contributed by atoms with E-state index in [1.807, 2.05) is 36.4 Å². The molecule has 1 atom stereocenters. The van der Waals surface area contributed by atoms with Gasteiger partial charge in [0, 0.05) is 16.6 Å². The lowest BCUT2D eigenvalue weighted by molar-refractivity contribution is -0.138. The van der Waals surface area contributed by atoms with E-state index in [0.29, 0.717) is 6.61 Å². The largest absolute Gasteiger partial charge is 0.493 e. The van der Waals surface area contributed by atoms with Crippen LogP contribution in [0.4, 0.5) is 5.69 Å².